The third kappa shape index (κ3) is 2.28. The minimum atomic E-state index is 0.318. The molecule has 3 aromatic rings. The first kappa shape index (κ1) is 12.4. The van der Waals surface area contributed by atoms with Crippen molar-refractivity contribution in [2.75, 3.05) is 0 Å². The summed E-state index contributed by atoms with van der Waals surface area (Å²) in [5.74, 6) is 0.318. The van der Waals surface area contributed by atoms with Crippen LogP contribution < -0.4 is 0 Å². The third-order valence-electron chi connectivity index (χ3n) is 3.39. The van der Waals surface area contributed by atoms with E-state index in [0.29, 0.717) is 5.75 Å². The molecule has 98 valence electrons. The quantitative estimate of drug-likeness (QED) is 0.740. The summed E-state index contributed by atoms with van der Waals surface area (Å²) in [5.41, 5.74) is 4.94. The number of aryl methyl sites for hydroxylation is 1. The first-order valence-electron chi connectivity index (χ1n) is 6.56. The molecule has 0 fully saturated rings. The molecule has 20 heavy (non-hydrogen) atoms. The average Bonchev–Trinajstić information content (AvgIpc) is 2.51. The van der Waals surface area contributed by atoms with Gasteiger partial charge in [0.25, 0.3) is 0 Å². The lowest BCUT2D eigenvalue weighted by molar-refractivity contribution is 0.471. The maximum Gasteiger partial charge on any atom is 0.119 e. The van der Waals surface area contributed by atoms with E-state index in [1.807, 2.05) is 55.5 Å². The summed E-state index contributed by atoms with van der Waals surface area (Å²) >= 11 is 0. The van der Waals surface area contributed by atoms with Crippen molar-refractivity contribution in [3.8, 4) is 28.1 Å². The molecule has 0 amide bonds. The number of hydrogen-bond donors (Lipinski definition) is 1. The van der Waals surface area contributed by atoms with Gasteiger partial charge in [-0.1, -0.05) is 42.5 Å². The van der Waals surface area contributed by atoms with Gasteiger partial charge in [-0.3, -0.25) is 4.98 Å². The zero-order chi connectivity index (χ0) is 13.9. The van der Waals surface area contributed by atoms with Crippen LogP contribution in [0.2, 0.25) is 0 Å². The van der Waals surface area contributed by atoms with E-state index in [1.165, 1.54) is 0 Å². The van der Waals surface area contributed by atoms with Gasteiger partial charge < -0.3 is 5.11 Å². The SMILES string of the molecule is Cc1ccc(-c2ccccc2-c2ccccn2)cc1O. The Hall–Kier alpha value is -2.61. The fraction of sp³-hybridized carbons (Fsp3) is 0.0556. The van der Waals surface area contributed by atoms with Crippen LogP contribution in [0.3, 0.4) is 0 Å². The van der Waals surface area contributed by atoms with Crippen LogP contribution in [0.4, 0.5) is 0 Å². The predicted molar refractivity (Wildman–Crippen MR) is 81.5 cm³/mol. The van der Waals surface area contributed by atoms with E-state index in [4.69, 9.17) is 0 Å². The number of rotatable bonds is 2. The Morgan fingerprint density at radius 1 is 0.850 bits per heavy atom. The van der Waals surface area contributed by atoms with Crippen molar-refractivity contribution in [2.45, 2.75) is 6.92 Å². The molecule has 3 rings (SSSR count). The minimum absolute atomic E-state index is 0.318. The maximum atomic E-state index is 9.91. The number of phenols is 1. The summed E-state index contributed by atoms with van der Waals surface area (Å²) in [6.07, 6.45) is 1.79. The lowest BCUT2D eigenvalue weighted by Gasteiger charge is -2.10. The van der Waals surface area contributed by atoms with Crippen molar-refractivity contribution in [3.63, 3.8) is 0 Å². The number of phenolic OH excluding ortho intramolecular Hbond substituents is 1. The molecule has 1 aromatic heterocycles. The summed E-state index contributed by atoms with van der Waals surface area (Å²) in [7, 11) is 0. The Morgan fingerprint density at radius 2 is 1.60 bits per heavy atom. The molecule has 0 bridgehead atoms. The Morgan fingerprint density at radius 3 is 2.30 bits per heavy atom. The van der Waals surface area contributed by atoms with Crippen LogP contribution in [-0.2, 0) is 0 Å². The summed E-state index contributed by atoms with van der Waals surface area (Å²) in [6.45, 7) is 1.89. The van der Waals surface area contributed by atoms with Gasteiger partial charge in [0.15, 0.2) is 0 Å². The smallest absolute Gasteiger partial charge is 0.119 e. The van der Waals surface area contributed by atoms with E-state index in [-0.39, 0.29) is 0 Å². The molecule has 2 aromatic carbocycles. The minimum Gasteiger partial charge on any atom is -0.508 e. The number of pyridine rings is 1. The van der Waals surface area contributed by atoms with Crippen LogP contribution in [0.1, 0.15) is 5.56 Å². The fourth-order valence-corrected chi connectivity index (χ4v) is 2.26. The highest BCUT2D eigenvalue weighted by Gasteiger charge is 2.08. The van der Waals surface area contributed by atoms with E-state index in [1.54, 1.807) is 12.3 Å². The molecular weight excluding hydrogens is 246 g/mol. The Labute approximate surface area is 118 Å². The molecule has 0 unspecified atom stereocenters. The Kier molecular flexibility index (Phi) is 3.21. The van der Waals surface area contributed by atoms with Crippen LogP contribution in [0.5, 0.6) is 5.75 Å². The highest BCUT2D eigenvalue weighted by atomic mass is 16.3. The zero-order valence-electron chi connectivity index (χ0n) is 11.2. The highest BCUT2D eigenvalue weighted by molar-refractivity contribution is 5.82. The molecule has 0 aliphatic carbocycles. The van der Waals surface area contributed by atoms with E-state index >= 15 is 0 Å². The summed E-state index contributed by atoms with van der Waals surface area (Å²) in [4.78, 5) is 4.41. The van der Waals surface area contributed by atoms with E-state index in [2.05, 4.69) is 11.1 Å². The van der Waals surface area contributed by atoms with Gasteiger partial charge in [0, 0.05) is 11.8 Å². The molecule has 0 saturated heterocycles. The van der Waals surface area contributed by atoms with Gasteiger partial charge in [0.2, 0.25) is 0 Å². The summed E-state index contributed by atoms with van der Waals surface area (Å²) < 4.78 is 0. The topological polar surface area (TPSA) is 33.1 Å². The number of benzene rings is 2. The second kappa shape index (κ2) is 5.17. The lowest BCUT2D eigenvalue weighted by atomic mass is 9.96. The third-order valence-corrected chi connectivity index (χ3v) is 3.39. The number of aromatic nitrogens is 1. The van der Waals surface area contributed by atoms with Gasteiger partial charge in [0.05, 0.1) is 5.69 Å². The van der Waals surface area contributed by atoms with E-state index in [9.17, 15) is 5.11 Å². The van der Waals surface area contributed by atoms with E-state index in [0.717, 1.165) is 27.9 Å². The van der Waals surface area contributed by atoms with Crippen molar-refractivity contribution < 1.29 is 5.11 Å². The molecule has 0 aliphatic rings. The van der Waals surface area contributed by atoms with E-state index < -0.39 is 0 Å². The van der Waals surface area contributed by atoms with Crippen LogP contribution in [-0.4, -0.2) is 10.1 Å². The van der Waals surface area contributed by atoms with Crippen LogP contribution in [0.15, 0.2) is 66.9 Å². The molecule has 0 atom stereocenters. The zero-order valence-corrected chi connectivity index (χ0v) is 11.2. The van der Waals surface area contributed by atoms with Gasteiger partial charge >= 0.3 is 0 Å². The summed E-state index contributed by atoms with van der Waals surface area (Å²) in [5, 5.41) is 9.91. The van der Waals surface area contributed by atoms with Crippen molar-refractivity contribution in [1.29, 1.82) is 0 Å². The first-order valence-corrected chi connectivity index (χ1v) is 6.56. The average molecular weight is 261 g/mol. The highest BCUT2D eigenvalue weighted by Crippen LogP contribution is 2.33. The largest absolute Gasteiger partial charge is 0.508 e. The van der Waals surface area contributed by atoms with Crippen molar-refractivity contribution in [1.82, 2.24) is 4.98 Å². The molecule has 2 heteroatoms. The normalized spacial score (nSPS) is 10.4. The van der Waals surface area contributed by atoms with Gasteiger partial charge in [-0.15, -0.1) is 0 Å². The molecule has 1 N–H and O–H groups in total. The number of aromatic hydroxyl groups is 1. The van der Waals surface area contributed by atoms with Gasteiger partial charge in [-0.05, 0) is 41.8 Å². The summed E-state index contributed by atoms with van der Waals surface area (Å²) in [6, 6.07) is 19.7. The number of nitrogens with zero attached hydrogens (tertiary/aromatic N) is 1. The standard InChI is InChI=1S/C18H15NO/c1-13-9-10-14(12-18(13)20)15-6-2-3-7-16(15)17-8-4-5-11-19-17/h2-12,20H,1H3. The maximum absolute atomic E-state index is 9.91. The molecule has 0 saturated carbocycles. The molecule has 2 nitrogen and oxygen atoms in total. The molecule has 0 radical (unpaired) electrons. The Balaban J connectivity index is 2.17. The van der Waals surface area contributed by atoms with Gasteiger partial charge in [-0.25, -0.2) is 0 Å². The monoisotopic (exact) mass is 261 g/mol. The first-order chi connectivity index (χ1) is 9.75. The van der Waals surface area contributed by atoms with Crippen molar-refractivity contribution in [2.24, 2.45) is 0 Å². The second-order valence-corrected chi connectivity index (χ2v) is 4.76. The van der Waals surface area contributed by atoms with Crippen LogP contribution in [0, 0.1) is 6.92 Å². The lowest BCUT2D eigenvalue weighted by Crippen LogP contribution is -1.87. The van der Waals surface area contributed by atoms with Crippen molar-refractivity contribution in [3.05, 3.63) is 72.4 Å². The van der Waals surface area contributed by atoms with Gasteiger partial charge in [-0.2, -0.15) is 0 Å². The second-order valence-electron chi connectivity index (χ2n) is 4.76. The van der Waals surface area contributed by atoms with Crippen molar-refractivity contribution >= 4 is 0 Å². The molecular formula is C18H15NO. The molecule has 1 heterocycles. The van der Waals surface area contributed by atoms with Crippen LogP contribution >= 0.6 is 0 Å². The molecule has 0 spiro atoms. The fourth-order valence-electron chi connectivity index (χ4n) is 2.26. The predicted octanol–water partition coefficient (Wildman–Crippen LogP) is 4.43. The Bertz CT molecular complexity index is 735. The molecule has 0 aliphatic heterocycles. The van der Waals surface area contributed by atoms with Crippen LogP contribution in [0.25, 0.3) is 22.4 Å². The number of hydrogen-bond acceptors (Lipinski definition) is 2. The van der Waals surface area contributed by atoms with Gasteiger partial charge in [0.1, 0.15) is 5.75 Å².